The van der Waals surface area contributed by atoms with Gasteiger partial charge in [0.25, 0.3) is 5.91 Å². The van der Waals surface area contributed by atoms with Gasteiger partial charge in [0.1, 0.15) is 11.8 Å². The quantitative estimate of drug-likeness (QED) is 0.409. The van der Waals surface area contributed by atoms with Crippen LogP contribution in [0.1, 0.15) is 32.8 Å². The maximum absolute atomic E-state index is 13.2. The molecule has 0 saturated heterocycles. The number of amides is 2. The van der Waals surface area contributed by atoms with Crippen LogP contribution in [0.2, 0.25) is 15.1 Å². The lowest BCUT2D eigenvalue weighted by Crippen LogP contribution is -2.51. The second-order valence-electron chi connectivity index (χ2n) is 7.21. The van der Waals surface area contributed by atoms with Gasteiger partial charge in [-0.1, -0.05) is 63.7 Å². The van der Waals surface area contributed by atoms with Gasteiger partial charge in [0, 0.05) is 27.1 Å². The molecule has 0 saturated carbocycles. The minimum Gasteiger partial charge on any atom is -0.482 e. The Morgan fingerprint density at radius 3 is 2.39 bits per heavy atom. The van der Waals surface area contributed by atoms with Gasteiger partial charge < -0.3 is 15.0 Å². The van der Waals surface area contributed by atoms with Crippen molar-refractivity contribution in [1.29, 1.82) is 0 Å². The third-order valence-corrected chi connectivity index (χ3v) is 5.79. The Morgan fingerprint density at radius 2 is 1.81 bits per heavy atom. The molecule has 2 aromatic carbocycles. The third-order valence-electron chi connectivity index (χ3n) is 4.42. The smallest absolute Gasteiger partial charge is 0.261 e. The molecular formula is C22H24BrCl3N2O3. The molecule has 168 valence electrons. The Kier molecular flexibility index (Phi) is 9.94. The van der Waals surface area contributed by atoms with Crippen LogP contribution in [0.15, 0.2) is 40.9 Å². The van der Waals surface area contributed by atoms with Gasteiger partial charge in [-0.05, 0) is 56.2 Å². The highest BCUT2D eigenvalue weighted by atomic mass is 79.9. The summed E-state index contributed by atoms with van der Waals surface area (Å²) in [5.41, 5.74) is 0.678. The van der Waals surface area contributed by atoms with E-state index in [-0.39, 0.29) is 31.0 Å². The second-order valence-corrected chi connectivity index (χ2v) is 9.37. The average molecular weight is 551 g/mol. The van der Waals surface area contributed by atoms with Crippen molar-refractivity contribution in [3.63, 3.8) is 0 Å². The maximum atomic E-state index is 13.2. The number of ether oxygens (including phenoxy) is 1. The highest BCUT2D eigenvalue weighted by Gasteiger charge is 2.30. The number of carbonyl (C=O) groups excluding carboxylic acids is 2. The standard InChI is InChI=1S/C22H24BrCl3N2O3/c1-4-19(22(30)27-13(2)3)28(11-14-5-7-16(24)10-17(14)25)21(29)12-31-20-8-6-15(23)9-18(20)26/h5-10,13,19H,4,11-12H2,1-3H3,(H,27,30)/t19-/m0/s1. The van der Waals surface area contributed by atoms with Gasteiger partial charge in [-0.15, -0.1) is 0 Å². The van der Waals surface area contributed by atoms with Crippen LogP contribution in [0.5, 0.6) is 5.75 Å². The normalized spacial score (nSPS) is 11.9. The monoisotopic (exact) mass is 548 g/mol. The van der Waals surface area contributed by atoms with Crippen molar-refractivity contribution in [1.82, 2.24) is 10.2 Å². The van der Waals surface area contributed by atoms with Gasteiger partial charge in [0.15, 0.2) is 6.61 Å². The summed E-state index contributed by atoms with van der Waals surface area (Å²) in [5, 5.41) is 4.16. The number of nitrogens with one attached hydrogen (secondary N) is 1. The molecule has 9 heteroatoms. The molecular weight excluding hydrogens is 527 g/mol. The first-order valence-corrected chi connectivity index (χ1v) is 11.7. The summed E-state index contributed by atoms with van der Waals surface area (Å²) in [6.45, 7) is 5.44. The molecule has 1 atom stereocenters. The lowest BCUT2D eigenvalue weighted by molar-refractivity contribution is -0.143. The van der Waals surface area contributed by atoms with Crippen LogP contribution in [0.4, 0.5) is 0 Å². The Labute approximate surface area is 206 Å². The van der Waals surface area contributed by atoms with Gasteiger partial charge in [-0.3, -0.25) is 9.59 Å². The van der Waals surface area contributed by atoms with Crippen molar-refractivity contribution in [2.24, 2.45) is 0 Å². The third kappa shape index (κ3) is 7.56. The van der Waals surface area contributed by atoms with E-state index in [9.17, 15) is 9.59 Å². The maximum Gasteiger partial charge on any atom is 0.261 e. The molecule has 0 aliphatic rings. The van der Waals surface area contributed by atoms with Gasteiger partial charge in [0.2, 0.25) is 5.91 Å². The number of benzene rings is 2. The first-order chi connectivity index (χ1) is 14.6. The molecule has 31 heavy (non-hydrogen) atoms. The fraction of sp³-hybridized carbons (Fsp3) is 0.364. The first-order valence-electron chi connectivity index (χ1n) is 9.74. The van der Waals surface area contributed by atoms with Crippen LogP contribution in [-0.2, 0) is 16.1 Å². The highest BCUT2D eigenvalue weighted by molar-refractivity contribution is 9.10. The van der Waals surface area contributed by atoms with E-state index < -0.39 is 6.04 Å². The molecule has 2 amide bonds. The molecule has 5 nitrogen and oxygen atoms in total. The SMILES string of the molecule is CC[C@@H](C(=O)NC(C)C)N(Cc1ccc(Cl)cc1Cl)C(=O)COc1ccc(Br)cc1Cl. The van der Waals surface area contributed by atoms with Crippen LogP contribution in [-0.4, -0.2) is 35.4 Å². The summed E-state index contributed by atoms with van der Waals surface area (Å²) in [6, 6.07) is 9.40. The van der Waals surface area contributed by atoms with Crippen molar-refractivity contribution in [2.45, 2.75) is 45.8 Å². The number of hydrogen-bond acceptors (Lipinski definition) is 3. The average Bonchev–Trinajstić information content (AvgIpc) is 2.68. The fourth-order valence-electron chi connectivity index (χ4n) is 2.95. The van der Waals surface area contributed by atoms with Crippen molar-refractivity contribution in [2.75, 3.05) is 6.61 Å². The van der Waals surface area contributed by atoms with Crippen LogP contribution in [0.25, 0.3) is 0 Å². The predicted molar refractivity (Wildman–Crippen MR) is 129 cm³/mol. The molecule has 0 spiro atoms. The molecule has 0 heterocycles. The van der Waals surface area contributed by atoms with Crippen molar-refractivity contribution in [3.8, 4) is 5.75 Å². The largest absolute Gasteiger partial charge is 0.482 e. The minimum absolute atomic E-state index is 0.0598. The molecule has 0 aromatic heterocycles. The number of hydrogen-bond donors (Lipinski definition) is 1. The Hall–Kier alpha value is -1.47. The molecule has 2 rings (SSSR count). The van der Waals surface area contributed by atoms with E-state index in [1.807, 2.05) is 20.8 Å². The van der Waals surface area contributed by atoms with Crippen LogP contribution >= 0.6 is 50.7 Å². The molecule has 0 radical (unpaired) electrons. The topological polar surface area (TPSA) is 58.6 Å². The number of carbonyl (C=O) groups is 2. The van der Waals surface area contributed by atoms with Crippen molar-refractivity contribution >= 4 is 62.5 Å². The molecule has 2 aromatic rings. The van der Waals surface area contributed by atoms with Crippen molar-refractivity contribution < 1.29 is 14.3 Å². The van der Waals surface area contributed by atoms with Crippen LogP contribution in [0, 0.1) is 0 Å². The molecule has 0 aliphatic carbocycles. The van der Waals surface area contributed by atoms with Crippen molar-refractivity contribution in [3.05, 3.63) is 61.5 Å². The summed E-state index contributed by atoms with van der Waals surface area (Å²) in [4.78, 5) is 27.4. The van der Waals surface area contributed by atoms with Gasteiger partial charge in [-0.2, -0.15) is 0 Å². The highest BCUT2D eigenvalue weighted by Crippen LogP contribution is 2.28. The molecule has 1 N–H and O–H groups in total. The summed E-state index contributed by atoms with van der Waals surface area (Å²) in [5.74, 6) is -0.226. The lowest BCUT2D eigenvalue weighted by Gasteiger charge is -2.31. The second kappa shape index (κ2) is 12.0. The van der Waals surface area contributed by atoms with E-state index >= 15 is 0 Å². The predicted octanol–water partition coefficient (Wildman–Crippen LogP) is 6.12. The molecule has 0 fully saturated rings. The Balaban J connectivity index is 2.27. The zero-order chi connectivity index (χ0) is 23.1. The van der Waals surface area contributed by atoms with Crippen LogP contribution < -0.4 is 10.1 Å². The molecule has 0 bridgehead atoms. The minimum atomic E-state index is -0.689. The number of nitrogens with zero attached hydrogens (tertiary/aromatic N) is 1. The van der Waals surface area contributed by atoms with E-state index in [4.69, 9.17) is 39.5 Å². The summed E-state index contributed by atoms with van der Waals surface area (Å²) < 4.78 is 6.45. The van der Waals surface area contributed by atoms with Gasteiger partial charge in [0.05, 0.1) is 5.02 Å². The fourth-order valence-corrected chi connectivity index (χ4v) is 4.14. The van der Waals surface area contributed by atoms with E-state index in [1.165, 1.54) is 4.90 Å². The van der Waals surface area contributed by atoms with E-state index in [0.717, 1.165) is 4.47 Å². The summed E-state index contributed by atoms with van der Waals surface area (Å²) in [7, 11) is 0. The van der Waals surface area contributed by atoms with E-state index in [2.05, 4.69) is 21.2 Å². The summed E-state index contributed by atoms with van der Waals surface area (Å²) >= 11 is 21.8. The van der Waals surface area contributed by atoms with Crippen LogP contribution in [0.3, 0.4) is 0 Å². The van der Waals surface area contributed by atoms with Gasteiger partial charge >= 0.3 is 0 Å². The number of halogens is 4. The number of rotatable bonds is 9. The van der Waals surface area contributed by atoms with E-state index in [1.54, 1.807) is 36.4 Å². The molecule has 0 unspecified atom stereocenters. The zero-order valence-corrected chi connectivity index (χ0v) is 21.3. The van der Waals surface area contributed by atoms with Gasteiger partial charge in [-0.25, -0.2) is 0 Å². The lowest BCUT2D eigenvalue weighted by atomic mass is 10.1. The zero-order valence-electron chi connectivity index (χ0n) is 17.4. The first kappa shape index (κ1) is 25.8. The van der Waals surface area contributed by atoms with E-state index in [0.29, 0.717) is 32.8 Å². The Bertz CT molecular complexity index is 940. The summed E-state index contributed by atoms with van der Waals surface area (Å²) in [6.07, 6.45) is 0.425. The Morgan fingerprint density at radius 1 is 1.10 bits per heavy atom. The molecule has 0 aliphatic heterocycles.